The van der Waals surface area contributed by atoms with Gasteiger partial charge in [0.05, 0.1) is 5.60 Å². The molecule has 0 heterocycles. The van der Waals surface area contributed by atoms with Gasteiger partial charge in [-0.05, 0) is 20.3 Å². The maximum atomic E-state index is 5.03. The highest BCUT2D eigenvalue weighted by atomic mass is 28.2. The maximum absolute atomic E-state index is 5.03. The first-order valence-corrected chi connectivity index (χ1v) is 4.16. The van der Waals surface area contributed by atoms with Crippen molar-refractivity contribution in [3.8, 4) is 0 Å². The van der Waals surface area contributed by atoms with Crippen molar-refractivity contribution < 1.29 is 9.46 Å². The molecule has 0 saturated heterocycles. The van der Waals surface area contributed by atoms with Gasteiger partial charge in [-0.15, -0.1) is 0 Å². The Bertz CT molecular complexity index is 65.5. The lowest BCUT2D eigenvalue weighted by atomic mass is 10.0. The van der Waals surface area contributed by atoms with Gasteiger partial charge in [-0.3, -0.25) is 4.58 Å². The van der Waals surface area contributed by atoms with Crippen molar-refractivity contribution in [2.45, 2.75) is 39.2 Å². The fourth-order valence-corrected chi connectivity index (χ4v) is 1.32. The minimum atomic E-state index is -0.0868. The largest absolute Gasteiger partial charge is 0.298 e. The van der Waals surface area contributed by atoms with E-state index in [1.165, 1.54) is 0 Å². The molecule has 0 spiro atoms. The summed E-state index contributed by atoms with van der Waals surface area (Å²) in [5.74, 6) is 0. The average molecular weight is 148 g/mol. The van der Waals surface area contributed by atoms with Crippen LogP contribution in [0.25, 0.3) is 0 Å². The van der Waals surface area contributed by atoms with Crippen LogP contribution in [0.2, 0.25) is 0 Å². The molecule has 0 aromatic heterocycles. The van der Waals surface area contributed by atoms with Gasteiger partial charge in [-0.1, -0.05) is 13.3 Å². The van der Waals surface area contributed by atoms with Crippen molar-refractivity contribution in [2.75, 3.05) is 0 Å². The quantitative estimate of drug-likeness (QED) is 0.333. The molecule has 0 radical (unpaired) electrons. The van der Waals surface area contributed by atoms with Crippen LogP contribution in [0.1, 0.15) is 33.6 Å². The molecular formula is C6H16O2Si. The summed E-state index contributed by atoms with van der Waals surface area (Å²) < 4.78 is 4.70. The van der Waals surface area contributed by atoms with Crippen molar-refractivity contribution in [2.24, 2.45) is 0 Å². The predicted molar refractivity (Wildman–Crippen MR) is 41.1 cm³/mol. The average Bonchev–Trinajstić information content (AvgIpc) is 1.64. The SMILES string of the molecule is CCCC(C)(C)OO[SiH3]. The highest BCUT2D eigenvalue weighted by Crippen LogP contribution is 2.15. The molecule has 0 fully saturated rings. The summed E-state index contributed by atoms with van der Waals surface area (Å²) in [6, 6.07) is 0. The van der Waals surface area contributed by atoms with Gasteiger partial charge < -0.3 is 0 Å². The summed E-state index contributed by atoms with van der Waals surface area (Å²) >= 11 is 0. The number of hydrogen-bond acceptors (Lipinski definition) is 2. The Labute approximate surface area is 60.0 Å². The highest BCUT2D eigenvalue weighted by molar-refractivity contribution is 5.97. The minimum Gasteiger partial charge on any atom is -0.298 e. The smallest absolute Gasteiger partial charge is 0.193 e. The molecule has 0 bridgehead atoms. The van der Waals surface area contributed by atoms with Crippen molar-refractivity contribution in [3.05, 3.63) is 0 Å². The second-order valence-electron chi connectivity index (χ2n) is 2.76. The van der Waals surface area contributed by atoms with Gasteiger partial charge in [0.1, 0.15) is 0 Å². The fraction of sp³-hybridized carbons (Fsp3) is 1.00. The normalized spacial score (nSPS) is 12.3. The van der Waals surface area contributed by atoms with Crippen LogP contribution >= 0.6 is 0 Å². The van der Waals surface area contributed by atoms with Crippen LogP contribution in [-0.2, 0) is 9.46 Å². The van der Waals surface area contributed by atoms with E-state index >= 15 is 0 Å². The molecular weight excluding hydrogens is 132 g/mol. The topological polar surface area (TPSA) is 18.5 Å². The predicted octanol–water partition coefficient (Wildman–Crippen LogP) is 0.794. The standard InChI is InChI=1S/C6H16O2Si/c1-4-5-6(2,3)7-8-9/h4-5H2,1-3,9H3. The Morgan fingerprint density at radius 1 is 1.44 bits per heavy atom. The molecule has 0 aliphatic rings. The lowest BCUT2D eigenvalue weighted by molar-refractivity contribution is -0.281. The summed E-state index contributed by atoms with van der Waals surface area (Å²) in [6.45, 7) is 6.21. The lowest BCUT2D eigenvalue weighted by Crippen LogP contribution is -2.23. The summed E-state index contributed by atoms with van der Waals surface area (Å²) in [7, 11) is 0.655. The fourth-order valence-electron chi connectivity index (χ4n) is 0.869. The molecule has 0 unspecified atom stereocenters. The monoisotopic (exact) mass is 148 g/mol. The van der Waals surface area contributed by atoms with Gasteiger partial charge in [0.25, 0.3) is 0 Å². The van der Waals surface area contributed by atoms with Gasteiger partial charge in [0.15, 0.2) is 10.5 Å². The summed E-state index contributed by atoms with van der Waals surface area (Å²) in [5.41, 5.74) is -0.0868. The Hall–Kier alpha value is 0.137. The Kier molecular flexibility index (Phi) is 4.09. The van der Waals surface area contributed by atoms with E-state index in [0.29, 0.717) is 10.5 Å². The maximum Gasteiger partial charge on any atom is 0.193 e. The zero-order valence-electron chi connectivity index (χ0n) is 6.73. The van der Waals surface area contributed by atoms with Crippen LogP contribution in [-0.4, -0.2) is 16.1 Å². The summed E-state index contributed by atoms with van der Waals surface area (Å²) in [6.07, 6.45) is 2.19. The van der Waals surface area contributed by atoms with Crippen molar-refractivity contribution in [1.82, 2.24) is 0 Å². The van der Waals surface area contributed by atoms with E-state index in [1.807, 2.05) is 13.8 Å². The third-order valence-corrected chi connectivity index (χ3v) is 1.33. The molecule has 56 valence electrons. The van der Waals surface area contributed by atoms with Gasteiger partial charge in [0, 0.05) is 0 Å². The van der Waals surface area contributed by atoms with Crippen molar-refractivity contribution in [1.29, 1.82) is 0 Å². The second kappa shape index (κ2) is 4.03. The first-order valence-electron chi connectivity index (χ1n) is 3.34. The lowest BCUT2D eigenvalue weighted by Gasteiger charge is -2.21. The minimum absolute atomic E-state index is 0.0868. The van der Waals surface area contributed by atoms with E-state index in [9.17, 15) is 0 Å². The van der Waals surface area contributed by atoms with E-state index < -0.39 is 0 Å². The van der Waals surface area contributed by atoms with E-state index in [4.69, 9.17) is 9.46 Å². The van der Waals surface area contributed by atoms with E-state index in [2.05, 4.69) is 6.92 Å². The molecule has 2 nitrogen and oxygen atoms in total. The summed E-state index contributed by atoms with van der Waals surface area (Å²) in [4.78, 5) is 5.03. The van der Waals surface area contributed by atoms with Gasteiger partial charge in [-0.2, -0.15) is 0 Å². The molecule has 0 aliphatic heterocycles. The molecule has 0 aromatic rings. The summed E-state index contributed by atoms with van der Waals surface area (Å²) in [5, 5.41) is 0. The van der Waals surface area contributed by atoms with Gasteiger partial charge >= 0.3 is 0 Å². The molecule has 3 heteroatoms. The molecule has 0 saturated carbocycles. The molecule has 0 aromatic carbocycles. The van der Waals surface area contributed by atoms with Crippen LogP contribution in [0.15, 0.2) is 0 Å². The molecule has 0 N–H and O–H groups in total. The Morgan fingerprint density at radius 3 is 2.33 bits per heavy atom. The zero-order chi connectivity index (χ0) is 7.33. The Morgan fingerprint density at radius 2 is 2.00 bits per heavy atom. The molecule has 0 atom stereocenters. The molecule has 0 rings (SSSR count). The zero-order valence-corrected chi connectivity index (χ0v) is 8.73. The third kappa shape index (κ3) is 4.63. The van der Waals surface area contributed by atoms with Crippen LogP contribution in [0.4, 0.5) is 0 Å². The van der Waals surface area contributed by atoms with E-state index in [1.54, 1.807) is 0 Å². The van der Waals surface area contributed by atoms with Crippen molar-refractivity contribution >= 4 is 10.5 Å². The van der Waals surface area contributed by atoms with Crippen LogP contribution in [0, 0.1) is 0 Å². The van der Waals surface area contributed by atoms with E-state index in [0.717, 1.165) is 12.8 Å². The second-order valence-corrected chi connectivity index (χ2v) is 3.09. The molecule has 0 amide bonds. The third-order valence-electron chi connectivity index (χ3n) is 1.16. The van der Waals surface area contributed by atoms with Crippen LogP contribution in [0.5, 0.6) is 0 Å². The first kappa shape index (κ1) is 9.14. The molecule has 0 aliphatic carbocycles. The van der Waals surface area contributed by atoms with Gasteiger partial charge in [-0.25, -0.2) is 4.89 Å². The Balaban J connectivity index is 3.43. The highest BCUT2D eigenvalue weighted by Gasteiger charge is 2.16. The van der Waals surface area contributed by atoms with Crippen molar-refractivity contribution in [3.63, 3.8) is 0 Å². The number of rotatable bonds is 4. The van der Waals surface area contributed by atoms with Gasteiger partial charge in [0.2, 0.25) is 0 Å². The van der Waals surface area contributed by atoms with Crippen LogP contribution < -0.4 is 0 Å². The first-order chi connectivity index (χ1) is 4.12. The van der Waals surface area contributed by atoms with Crippen LogP contribution in [0.3, 0.4) is 0 Å². The molecule has 9 heavy (non-hydrogen) atoms. The number of hydrogen-bond donors (Lipinski definition) is 0. The van der Waals surface area contributed by atoms with E-state index in [-0.39, 0.29) is 5.60 Å².